The summed E-state index contributed by atoms with van der Waals surface area (Å²) in [5.41, 5.74) is 0. The molecule has 0 aliphatic heterocycles. The minimum Gasteiger partial charge on any atom is -0.457 e. The van der Waals surface area contributed by atoms with Crippen molar-refractivity contribution >= 4 is 19.8 Å². The number of rotatable bonds is 31. The first kappa shape index (κ1) is 41.0. The maximum Gasteiger partial charge on any atom is 0.472 e. The van der Waals surface area contributed by atoms with Crippen molar-refractivity contribution in [1.29, 1.82) is 0 Å². The molecule has 0 aliphatic carbocycles. The van der Waals surface area contributed by atoms with E-state index in [1.165, 1.54) is 96.3 Å². The van der Waals surface area contributed by atoms with Gasteiger partial charge in [0.1, 0.15) is 12.2 Å². The highest BCUT2D eigenvalue weighted by molar-refractivity contribution is 7.47. The predicted molar refractivity (Wildman–Crippen MR) is 164 cm³/mol. The molecule has 0 saturated heterocycles. The highest BCUT2D eigenvalue weighted by Crippen LogP contribution is 2.43. The summed E-state index contributed by atoms with van der Waals surface area (Å²) >= 11 is 0. The van der Waals surface area contributed by atoms with Crippen LogP contribution in [0.4, 0.5) is 0 Å². The smallest absolute Gasteiger partial charge is 0.457 e. The Morgan fingerprint density at radius 3 is 1.24 bits per heavy atom. The third-order valence-electron chi connectivity index (χ3n) is 7.12. The van der Waals surface area contributed by atoms with E-state index < -0.39 is 58.4 Å². The Morgan fingerprint density at radius 2 is 0.905 bits per heavy atom. The van der Waals surface area contributed by atoms with Crippen LogP contribution in [0.15, 0.2) is 0 Å². The summed E-state index contributed by atoms with van der Waals surface area (Å²) in [4.78, 5) is 33.1. The van der Waals surface area contributed by atoms with Gasteiger partial charge < -0.3 is 24.6 Å². The lowest BCUT2D eigenvalue weighted by atomic mass is 10.0. The quantitative estimate of drug-likeness (QED) is 0.0412. The number of aliphatic hydroxyl groups excluding tert-OH is 2. The van der Waals surface area contributed by atoms with E-state index in [1.807, 2.05) is 0 Å². The van der Waals surface area contributed by atoms with Crippen molar-refractivity contribution in [1.82, 2.24) is 0 Å². The van der Waals surface area contributed by atoms with Crippen LogP contribution in [0.2, 0.25) is 0 Å². The third-order valence-corrected chi connectivity index (χ3v) is 8.07. The zero-order chi connectivity index (χ0) is 31.3. The number of hydrogen-bond acceptors (Lipinski definition) is 9. The summed E-state index contributed by atoms with van der Waals surface area (Å²) in [5, 5.41) is 18.6. The second kappa shape index (κ2) is 28.7. The minimum absolute atomic E-state index is 0.0763. The van der Waals surface area contributed by atoms with Crippen LogP contribution in [0.1, 0.15) is 149 Å². The highest BCUT2D eigenvalue weighted by atomic mass is 31.2. The summed E-state index contributed by atoms with van der Waals surface area (Å²) in [6.45, 7) is 1.54. The third kappa shape index (κ3) is 26.6. The molecule has 0 heterocycles. The number of unbranched alkanes of at least 4 members (excludes halogenated alkanes) is 18. The zero-order valence-corrected chi connectivity index (χ0v) is 27.4. The minimum atomic E-state index is -4.58. The van der Waals surface area contributed by atoms with Crippen molar-refractivity contribution in [3.05, 3.63) is 0 Å². The standard InChI is InChI=1S/C31H61O10P/c1-3-5-6-7-8-9-10-11-12-13-14-15-16-17-18-19-20-21-22-23-31(35)41-29(25-33)27-39-42(36,37)38-26-28(24-32)40-30(34)4-2/h28-29,32-33H,3-27H2,1-2H3,(H,36,37). The van der Waals surface area contributed by atoms with Gasteiger partial charge >= 0.3 is 19.8 Å². The van der Waals surface area contributed by atoms with Crippen LogP contribution < -0.4 is 0 Å². The number of ether oxygens (including phenoxy) is 2. The molecule has 0 saturated carbocycles. The van der Waals surface area contributed by atoms with Crippen LogP contribution in [-0.4, -0.2) is 65.7 Å². The molecule has 11 heteroatoms. The van der Waals surface area contributed by atoms with Crippen LogP contribution >= 0.6 is 7.82 Å². The average molecular weight is 625 g/mol. The molecule has 3 atom stereocenters. The molecule has 10 nitrogen and oxygen atoms in total. The van der Waals surface area contributed by atoms with Gasteiger partial charge in [0.2, 0.25) is 0 Å². The van der Waals surface area contributed by atoms with Crippen molar-refractivity contribution in [2.24, 2.45) is 0 Å². The van der Waals surface area contributed by atoms with Gasteiger partial charge in [-0.25, -0.2) is 4.57 Å². The van der Waals surface area contributed by atoms with Crippen molar-refractivity contribution in [3.63, 3.8) is 0 Å². The molecule has 0 spiro atoms. The number of carbonyl (C=O) groups is 2. The van der Waals surface area contributed by atoms with E-state index in [2.05, 4.69) is 6.92 Å². The van der Waals surface area contributed by atoms with Gasteiger partial charge in [0.05, 0.1) is 26.4 Å². The monoisotopic (exact) mass is 624 g/mol. The normalized spacial score (nSPS) is 14.3. The molecular weight excluding hydrogens is 563 g/mol. The van der Waals surface area contributed by atoms with E-state index in [0.717, 1.165) is 19.3 Å². The van der Waals surface area contributed by atoms with Gasteiger partial charge in [-0.05, 0) is 6.42 Å². The first-order valence-electron chi connectivity index (χ1n) is 16.5. The number of carbonyl (C=O) groups excluding carboxylic acids is 2. The molecule has 3 unspecified atom stereocenters. The first-order valence-corrected chi connectivity index (χ1v) is 18.0. The lowest BCUT2D eigenvalue weighted by Gasteiger charge is -2.20. The van der Waals surface area contributed by atoms with Gasteiger partial charge in [-0.2, -0.15) is 0 Å². The molecule has 0 aromatic heterocycles. The van der Waals surface area contributed by atoms with Crippen molar-refractivity contribution in [3.8, 4) is 0 Å². The fraction of sp³-hybridized carbons (Fsp3) is 0.935. The average Bonchev–Trinajstić information content (AvgIpc) is 2.98. The molecule has 0 rings (SSSR count). The summed E-state index contributed by atoms with van der Waals surface area (Å²) in [7, 11) is -4.58. The van der Waals surface area contributed by atoms with Gasteiger partial charge in [0, 0.05) is 12.8 Å². The molecular formula is C31H61O10P. The SMILES string of the molecule is CCCCCCCCCCCCCCCCCCCCCC(=O)OC(CO)COP(=O)(O)OCC(CO)OC(=O)CC. The van der Waals surface area contributed by atoms with E-state index in [1.54, 1.807) is 6.92 Å². The number of phosphoric ester groups is 1. The second-order valence-electron chi connectivity index (χ2n) is 11.1. The lowest BCUT2D eigenvalue weighted by molar-refractivity contribution is -0.153. The van der Waals surface area contributed by atoms with Crippen LogP contribution in [0.25, 0.3) is 0 Å². The summed E-state index contributed by atoms with van der Waals surface area (Å²) in [5.74, 6) is -1.10. The summed E-state index contributed by atoms with van der Waals surface area (Å²) in [6.07, 6.45) is 22.2. The van der Waals surface area contributed by atoms with Gasteiger partial charge in [-0.15, -0.1) is 0 Å². The molecule has 0 bridgehead atoms. The van der Waals surface area contributed by atoms with Crippen molar-refractivity contribution in [2.45, 2.75) is 161 Å². The fourth-order valence-corrected chi connectivity index (χ4v) is 5.29. The van der Waals surface area contributed by atoms with Crippen molar-refractivity contribution < 1.29 is 47.8 Å². The van der Waals surface area contributed by atoms with Gasteiger partial charge in [-0.1, -0.05) is 129 Å². The van der Waals surface area contributed by atoms with E-state index in [4.69, 9.17) is 18.5 Å². The predicted octanol–water partition coefficient (Wildman–Crippen LogP) is 7.16. The van der Waals surface area contributed by atoms with Gasteiger partial charge in [0.15, 0.2) is 0 Å². The first-order chi connectivity index (χ1) is 20.3. The molecule has 0 radical (unpaired) electrons. The second-order valence-corrected chi connectivity index (χ2v) is 12.6. The lowest BCUT2D eigenvalue weighted by Crippen LogP contribution is -2.28. The topological polar surface area (TPSA) is 149 Å². The van der Waals surface area contributed by atoms with E-state index in [-0.39, 0.29) is 12.8 Å². The van der Waals surface area contributed by atoms with Crippen LogP contribution in [0, 0.1) is 0 Å². The van der Waals surface area contributed by atoms with Gasteiger partial charge in [-0.3, -0.25) is 18.6 Å². The number of aliphatic hydroxyl groups is 2. The molecule has 0 aliphatic rings. The Balaban J connectivity index is 3.71. The van der Waals surface area contributed by atoms with Crippen LogP contribution in [-0.2, 0) is 32.7 Å². The Kier molecular flexibility index (Phi) is 28.0. The number of esters is 2. The molecule has 0 amide bonds. The molecule has 0 fully saturated rings. The Bertz CT molecular complexity index is 691. The maximum absolute atomic E-state index is 12.1. The molecule has 42 heavy (non-hydrogen) atoms. The van der Waals surface area contributed by atoms with Crippen LogP contribution in [0.5, 0.6) is 0 Å². The maximum atomic E-state index is 12.1. The molecule has 250 valence electrons. The van der Waals surface area contributed by atoms with Crippen LogP contribution in [0.3, 0.4) is 0 Å². The van der Waals surface area contributed by atoms with E-state index in [9.17, 15) is 29.3 Å². The Labute approximate surface area is 254 Å². The molecule has 0 aromatic carbocycles. The largest absolute Gasteiger partial charge is 0.472 e. The number of phosphoric acid groups is 1. The zero-order valence-electron chi connectivity index (χ0n) is 26.5. The molecule has 3 N–H and O–H groups in total. The number of hydrogen-bond donors (Lipinski definition) is 3. The van der Waals surface area contributed by atoms with Gasteiger partial charge in [0.25, 0.3) is 0 Å². The fourth-order valence-electron chi connectivity index (χ4n) is 4.50. The van der Waals surface area contributed by atoms with E-state index in [0.29, 0.717) is 6.42 Å². The van der Waals surface area contributed by atoms with E-state index >= 15 is 0 Å². The summed E-state index contributed by atoms with van der Waals surface area (Å²) < 4.78 is 31.5. The Hall–Kier alpha value is -1.03. The molecule has 0 aromatic rings. The summed E-state index contributed by atoms with van der Waals surface area (Å²) in [6, 6.07) is 0. The Morgan fingerprint density at radius 1 is 0.571 bits per heavy atom. The van der Waals surface area contributed by atoms with Crippen molar-refractivity contribution in [2.75, 3.05) is 26.4 Å². The highest BCUT2D eigenvalue weighted by Gasteiger charge is 2.27.